The van der Waals surface area contributed by atoms with E-state index in [4.69, 9.17) is 9.47 Å². The van der Waals surface area contributed by atoms with Crippen molar-refractivity contribution in [3.05, 3.63) is 34.8 Å². The zero-order valence-electron chi connectivity index (χ0n) is 13.9. The Morgan fingerprint density at radius 3 is 2.92 bits per heavy atom. The van der Waals surface area contributed by atoms with Gasteiger partial charge in [0.1, 0.15) is 30.1 Å². The zero-order valence-corrected chi connectivity index (χ0v) is 14.7. The van der Waals surface area contributed by atoms with Gasteiger partial charge in [-0.3, -0.25) is 4.79 Å². The number of amides is 1. The van der Waals surface area contributed by atoms with Gasteiger partial charge < -0.3 is 19.5 Å². The second-order valence-electron chi connectivity index (χ2n) is 5.85. The summed E-state index contributed by atoms with van der Waals surface area (Å²) in [6, 6.07) is 4.82. The summed E-state index contributed by atoms with van der Waals surface area (Å²) in [7, 11) is 1.71. The fraction of sp³-hybridized carbons (Fsp3) is 0.353. The molecule has 0 radical (unpaired) electrons. The molecule has 0 aliphatic carbocycles. The summed E-state index contributed by atoms with van der Waals surface area (Å²) in [5.41, 5.74) is 0.835. The number of rotatable bonds is 5. The second kappa shape index (κ2) is 7.20. The van der Waals surface area contributed by atoms with E-state index in [-0.39, 0.29) is 30.8 Å². The number of nitrogens with zero attached hydrogens (tertiary/aromatic N) is 2. The van der Waals surface area contributed by atoms with Gasteiger partial charge in [0, 0.05) is 30.2 Å². The molecule has 25 heavy (non-hydrogen) atoms. The number of carbonyl (C=O) groups excluding carboxylic acids is 1. The standard InChI is InChI=1S/C17H18N2O5S/c1-10-6-18-16(25-10)11-3-12(17(21)22)5-13(4-11)23-8-14-7-19(2)15(20)9-24-14/h3-6,14H,7-9H2,1-2H3,(H,21,22)/t14-/m0/s1. The Bertz CT molecular complexity index is 804. The molecule has 1 aromatic carbocycles. The van der Waals surface area contributed by atoms with Crippen molar-refractivity contribution in [2.45, 2.75) is 13.0 Å². The van der Waals surface area contributed by atoms with Crippen molar-refractivity contribution in [3.63, 3.8) is 0 Å². The van der Waals surface area contributed by atoms with Gasteiger partial charge in [0.2, 0.25) is 5.91 Å². The Hall–Kier alpha value is -2.45. The minimum Gasteiger partial charge on any atom is -0.491 e. The predicted molar refractivity (Wildman–Crippen MR) is 92.1 cm³/mol. The maximum atomic E-state index is 11.4. The first-order chi connectivity index (χ1) is 11.9. The molecule has 8 heteroatoms. The predicted octanol–water partition coefficient (Wildman–Crippen LogP) is 2.05. The monoisotopic (exact) mass is 362 g/mol. The van der Waals surface area contributed by atoms with Crippen molar-refractivity contribution in [1.29, 1.82) is 0 Å². The summed E-state index contributed by atoms with van der Waals surface area (Å²) >= 11 is 1.49. The Morgan fingerprint density at radius 2 is 2.28 bits per heavy atom. The summed E-state index contributed by atoms with van der Waals surface area (Å²) in [4.78, 5) is 29.7. The number of ether oxygens (including phenoxy) is 2. The van der Waals surface area contributed by atoms with Crippen molar-refractivity contribution >= 4 is 23.2 Å². The molecule has 1 aromatic heterocycles. The van der Waals surface area contributed by atoms with Crippen molar-refractivity contribution in [2.24, 2.45) is 0 Å². The van der Waals surface area contributed by atoms with Gasteiger partial charge in [-0.25, -0.2) is 9.78 Å². The van der Waals surface area contributed by atoms with Crippen LogP contribution < -0.4 is 4.74 Å². The van der Waals surface area contributed by atoms with E-state index in [0.29, 0.717) is 17.9 Å². The maximum Gasteiger partial charge on any atom is 0.335 e. The number of carboxylic acid groups (broad SMARTS) is 1. The summed E-state index contributed by atoms with van der Waals surface area (Å²) in [5.74, 6) is -0.657. The van der Waals surface area contributed by atoms with Crippen LogP contribution >= 0.6 is 11.3 Å². The van der Waals surface area contributed by atoms with Crippen LogP contribution in [0.2, 0.25) is 0 Å². The first kappa shape index (κ1) is 17.4. The molecular formula is C17H18N2O5S. The van der Waals surface area contributed by atoms with Crippen molar-refractivity contribution < 1.29 is 24.2 Å². The fourth-order valence-electron chi connectivity index (χ4n) is 2.47. The molecule has 0 bridgehead atoms. The van der Waals surface area contributed by atoms with Crippen LogP contribution in [0.4, 0.5) is 0 Å². The smallest absolute Gasteiger partial charge is 0.335 e. The molecule has 7 nitrogen and oxygen atoms in total. The molecule has 0 spiro atoms. The van der Waals surface area contributed by atoms with E-state index in [0.717, 1.165) is 9.88 Å². The number of aromatic carboxylic acids is 1. The van der Waals surface area contributed by atoms with Crippen LogP contribution in [0.5, 0.6) is 5.75 Å². The van der Waals surface area contributed by atoms with Crippen LogP contribution in [0.3, 0.4) is 0 Å². The normalized spacial score (nSPS) is 17.6. The van der Waals surface area contributed by atoms with Crippen molar-refractivity contribution in [2.75, 3.05) is 26.8 Å². The third kappa shape index (κ3) is 4.15. The van der Waals surface area contributed by atoms with Gasteiger partial charge in [-0.15, -0.1) is 11.3 Å². The zero-order chi connectivity index (χ0) is 18.0. The minimum atomic E-state index is -1.03. The third-order valence-corrected chi connectivity index (χ3v) is 4.77. The Morgan fingerprint density at radius 1 is 1.48 bits per heavy atom. The maximum absolute atomic E-state index is 11.4. The lowest BCUT2D eigenvalue weighted by molar-refractivity contribution is -0.148. The molecule has 0 saturated carbocycles. The molecule has 3 rings (SSSR count). The topological polar surface area (TPSA) is 89.0 Å². The highest BCUT2D eigenvalue weighted by Crippen LogP contribution is 2.29. The number of carboxylic acids is 1. The molecule has 2 heterocycles. The SMILES string of the molecule is Cc1cnc(-c2cc(OC[C@@H]3CN(C)C(=O)CO3)cc(C(=O)O)c2)s1. The molecule has 0 unspecified atom stereocenters. The van der Waals surface area contributed by atoms with Gasteiger partial charge in [0.25, 0.3) is 0 Å². The largest absolute Gasteiger partial charge is 0.491 e. The second-order valence-corrected chi connectivity index (χ2v) is 7.08. The number of aryl methyl sites for hydroxylation is 1. The highest BCUT2D eigenvalue weighted by molar-refractivity contribution is 7.14. The Balaban J connectivity index is 1.77. The molecule has 1 aliphatic rings. The number of hydrogen-bond acceptors (Lipinski definition) is 6. The summed E-state index contributed by atoms with van der Waals surface area (Å²) in [6.07, 6.45) is 1.50. The summed E-state index contributed by atoms with van der Waals surface area (Å²) in [5, 5.41) is 10.1. The van der Waals surface area contributed by atoms with Crippen LogP contribution in [-0.4, -0.2) is 59.8 Å². The van der Waals surface area contributed by atoms with E-state index < -0.39 is 5.97 Å². The first-order valence-electron chi connectivity index (χ1n) is 7.72. The Kier molecular flexibility index (Phi) is 5.00. The lowest BCUT2D eigenvalue weighted by atomic mass is 10.1. The highest BCUT2D eigenvalue weighted by atomic mass is 32.1. The number of morpholine rings is 1. The summed E-state index contributed by atoms with van der Waals surface area (Å²) < 4.78 is 11.2. The number of carbonyl (C=O) groups is 2. The number of benzene rings is 1. The Labute approximate surface area is 148 Å². The minimum absolute atomic E-state index is 0.0311. The molecule has 1 N–H and O–H groups in total. The van der Waals surface area contributed by atoms with Crippen LogP contribution in [0.1, 0.15) is 15.2 Å². The van der Waals surface area contributed by atoms with E-state index >= 15 is 0 Å². The van der Waals surface area contributed by atoms with Gasteiger partial charge >= 0.3 is 5.97 Å². The number of thiazole rings is 1. The molecule has 132 valence electrons. The molecular weight excluding hydrogens is 344 g/mol. The molecule has 1 fully saturated rings. The van der Waals surface area contributed by atoms with Crippen LogP contribution in [0.25, 0.3) is 10.6 Å². The fourth-order valence-corrected chi connectivity index (χ4v) is 3.22. The number of likely N-dealkylation sites (N-methyl/N-ethyl adjacent to an activating group) is 1. The van der Waals surface area contributed by atoms with Gasteiger partial charge in [-0.1, -0.05) is 0 Å². The lowest BCUT2D eigenvalue weighted by Gasteiger charge is -2.29. The third-order valence-electron chi connectivity index (χ3n) is 3.80. The van der Waals surface area contributed by atoms with Gasteiger partial charge in [0.05, 0.1) is 5.56 Å². The molecule has 1 atom stereocenters. The van der Waals surface area contributed by atoms with E-state index in [1.807, 2.05) is 6.92 Å². The highest BCUT2D eigenvalue weighted by Gasteiger charge is 2.24. The number of aromatic nitrogens is 1. The average molecular weight is 362 g/mol. The van der Waals surface area contributed by atoms with Gasteiger partial charge in [-0.2, -0.15) is 0 Å². The van der Waals surface area contributed by atoms with Crippen LogP contribution in [0, 0.1) is 6.92 Å². The van der Waals surface area contributed by atoms with E-state index in [1.165, 1.54) is 17.4 Å². The van der Waals surface area contributed by atoms with E-state index in [9.17, 15) is 14.7 Å². The van der Waals surface area contributed by atoms with Crippen LogP contribution in [0.15, 0.2) is 24.4 Å². The van der Waals surface area contributed by atoms with Gasteiger partial charge in [-0.05, 0) is 25.1 Å². The molecule has 2 aromatic rings. The summed E-state index contributed by atoms with van der Waals surface area (Å²) in [6.45, 7) is 2.65. The van der Waals surface area contributed by atoms with Crippen molar-refractivity contribution in [3.8, 4) is 16.3 Å². The van der Waals surface area contributed by atoms with Crippen LogP contribution in [-0.2, 0) is 9.53 Å². The molecule has 1 amide bonds. The molecule has 1 aliphatic heterocycles. The van der Waals surface area contributed by atoms with Crippen molar-refractivity contribution in [1.82, 2.24) is 9.88 Å². The molecule has 1 saturated heterocycles. The average Bonchev–Trinajstić information content (AvgIpc) is 3.02. The van der Waals surface area contributed by atoms with E-state index in [1.54, 1.807) is 30.3 Å². The first-order valence-corrected chi connectivity index (χ1v) is 8.53. The van der Waals surface area contributed by atoms with Gasteiger partial charge in [0.15, 0.2) is 0 Å². The van der Waals surface area contributed by atoms with E-state index in [2.05, 4.69) is 4.98 Å². The number of hydrogen-bond donors (Lipinski definition) is 1. The lowest BCUT2D eigenvalue weighted by Crippen LogP contribution is -2.46. The quantitative estimate of drug-likeness (QED) is 0.876.